The number of aliphatic hydroxyl groups is 1. The van der Waals surface area contributed by atoms with E-state index in [1.807, 2.05) is 0 Å². The minimum absolute atomic E-state index is 0.136. The van der Waals surface area contributed by atoms with Gasteiger partial charge in [0.1, 0.15) is 0 Å². The molecule has 2 rings (SSSR count). The summed E-state index contributed by atoms with van der Waals surface area (Å²) in [5.41, 5.74) is 6.21. The Morgan fingerprint density at radius 3 is 2.50 bits per heavy atom. The molecule has 1 saturated carbocycles. The fraction of sp³-hybridized carbons (Fsp3) is 1.00. The number of likely N-dealkylation sites (tertiary alicyclic amines) is 1. The lowest BCUT2D eigenvalue weighted by atomic mass is 9.84. The highest BCUT2D eigenvalue weighted by Crippen LogP contribution is 2.25. The zero-order valence-electron chi connectivity index (χ0n) is 11.4. The molecule has 106 valence electrons. The van der Waals surface area contributed by atoms with Crippen LogP contribution in [0, 0.1) is 5.92 Å². The first-order valence-corrected chi connectivity index (χ1v) is 7.50. The van der Waals surface area contributed by atoms with Gasteiger partial charge in [0, 0.05) is 25.7 Å². The lowest BCUT2D eigenvalue weighted by molar-refractivity contribution is -0.0113. The summed E-state index contributed by atoms with van der Waals surface area (Å²) < 4.78 is 5.59. The summed E-state index contributed by atoms with van der Waals surface area (Å²) in [4.78, 5) is 2.55. The maximum atomic E-state index is 8.75. The first-order valence-electron chi connectivity index (χ1n) is 7.50. The van der Waals surface area contributed by atoms with Crippen LogP contribution in [0.2, 0.25) is 0 Å². The van der Waals surface area contributed by atoms with Crippen LogP contribution in [0.1, 0.15) is 38.5 Å². The second-order valence-corrected chi connectivity index (χ2v) is 5.80. The van der Waals surface area contributed by atoms with E-state index >= 15 is 0 Å². The number of hydrogen-bond donors (Lipinski definition) is 2. The van der Waals surface area contributed by atoms with Crippen LogP contribution in [0.5, 0.6) is 0 Å². The monoisotopic (exact) mass is 256 g/mol. The Hall–Kier alpha value is -0.160. The fourth-order valence-corrected chi connectivity index (χ4v) is 3.27. The quantitative estimate of drug-likeness (QED) is 0.770. The van der Waals surface area contributed by atoms with E-state index in [0.717, 1.165) is 25.9 Å². The van der Waals surface area contributed by atoms with Crippen LogP contribution >= 0.6 is 0 Å². The van der Waals surface area contributed by atoms with E-state index in [1.165, 1.54) is 32.2 Å². The average molecular weight is 256 g/mol. The van der Waals surface area contributed by atoms with Gasteiger partial charge in [0.25, 0.3) is 0 Å². The Morgan fingerprint density at radius 1 is 1.11 bits per heavy atom. The first-order chi connectivity index (χ1) is 8.79. The molecular formula is C14H28N2O2. The average Bonchev–Trinajstić information content (AvgIpc) is 2.41. The third kappa shape index (κ3) is 4.19. The highest BCUT2D eigenvalue weighted by Gasteiger charge is 2.26. The second-order valence-electron chi connectivity index (χ2n) is 5.80. The summed E-state index contributed by atoms with van der Waals surface area (Å²) in [7, 11) is 0. The molecule has 1 aliphatic heterocycles. The topological polar surface area (TPSA) is 58.7 Å². The summed E-state index contributed by atoms with van der Waals surface area (Å²) in [6.45, 7) is 4.04. The van der Waals surface area contributed by atoms with Gasteiger partial charge in [0.2, 0.25) is 0 Å². The fourth-order valence-electron chi connectivity index (χ4n) is 3.27. The minimum atomic E-state index is 0.136. The van der Waals surface area contributed by atoms with Crippen molar-refractivity contribution in [3.63, 3.8) is 0 Å². The molecule has 0 radical (unpaired) electrons. The predicted molar refractivity (Wildman–Crippen MR) is 72.4 cm³/mol. The zero-order chi connectivity index (χ0) is 12.8. The lowest BCUT2D eigenvalue weighted by Crippen LogP contribution is -2.45. The van der Waals surface area contributed by atoms with Crippen molar-refractivity contribution in [2.45, 2.75) is 50.7 Å². The van der Waals surface area contributed by atoms with Gasteiger partial charge in [-0.05, 0) is 31.6 Å². The molecule has 2 atom stereocenters. The van der Waals surface area contributed by atoms with E-state index in [9.17, 15) is 0 Å². The van der Waals surface area contributed by atoms with E-state index in [2.05, 4.69) is 4.90 Å². The maximum absolute atomic E-state index is 8.75. The lowest BCUT2D eigenvalue weighted by Gasteiger charge is -2.37. The summed E-state index contributed by atoms with van der Waals surface area (Å²) in [5.74, 6) is 0.702. The van der Waals surface area contributed by atoms with Crippen molar-refractivity contribution in [3.05, 3.63) is 0 Å². The van der Waals surface area contributed by atoms with Crippen LogP contribution < -0.4 is 5.73 Å². The molecule has 0 aromatic rings. The second kappa shape index (κ2) is 7.43. The molecule has 1 aliphatic carbocycles. The first kappa shape index (κ1) is 14.3. The van der Waals surface area contributed by atoms with Gasteiger partial charge < -0.3 is 20.5 Å². The molecule has 0 amide bonds. The third-order valence-corrected chi connectivity index (χ3v) is 4.44. The SMILES string of the molecule is NC1CCCCC1CN1CCC(OCCO)CC1. The van der Waals surface area contributed by atoms with Crippen molar-refractivity contribution in [1.82, 2.24) is 4.90 Å². The van der Waals surface area contributed by atoms with Gasteiger partial charge in [-0.25, -0.2) is 0 Å². The predicted octanol–water partition coefficient (Wildman–Crippen LogP) is 0.977. The molecule has 4 nitrogen and oxygen atoms in total. The van der Waals surface area contributed by atoms with Crippen LogP contribution in [-0.4, -0.2) is 55.0 Å². The van der Waals surface area contributed by atoms with Crippen LogP contribution in [0.4, 0.5) is 0 Å². The van der Waals surface area contributed by atoms with Crippen molar-refractivity contribution in [2.24, 2.45) is 11.7 Å². The number of ether oxygens (including phenoxy) is 1. The summed E-state index contributed by atoms with van der Waals surface area (Å²) in [6, 6.07) is 0.419. The zero-order valence-corrected chi connectivity index (χ0v) is 11.4. The number of hydrogen-bond acceptors (Lipinski definition) is 4. The van der Waals surface area contributed by atoms with E-state index in [1.54, 1.807) is 0 Å². The molecule has 0 aromatic heterocycles. The van der Waals surface area contributed by atoms with Gasteiger partial charge in [-0.1, -0.05) is 12.8 Å². The summed E-state index contributed by atoms with van der Waals surface area (Å²) >= 11 is 0. The van der Waals surface area contributed by atoms with E-state index < -0.39 is 0 Å². The Bertz CT molecular complexity index is 230. The number of piperidine rings is 1. The van der Waals surface area contributed by atoms with Crippen LogP contribution in [0.3, 0.4) is 0 Å². The van der Waals surface area contributed by atoms with E-state index in [-0.39, 0.29) is 6.61 Å². The summed E-state index contributed by atoms with van der Waals surface area (Å²) in [6.07, 6.45) is 7.74. The standard InChI is InChI=1S/C14H28N2O2/c15-14-4-2-1-3-12(14)11-16-7-5-13(6-8-16)18-10-9-17/h12-14,17H,1-11,15H2. The number of aliphatic hydroxyl groups excluding tert-OH is 1. The highest BCUT2D eigenvalue weighted by atomic mass is 16.5. The van der Waals surface area contributed by atoms with Crippen LogP contribution in [-0.2, 0) is 4.74 Å². The molecule has 4 heteroatoms. The largest absolute Gasteiger partial charge is 0.394 e. The maximum Gasteiger partial charge on any atom is 0.0701 e. The molecular weight excluding hydrogens is 228 g/mol. The molecule has 0 bridgehead atoms. The molecule has 0 spiro atoms. The van der Waals surface area contributed by atoms with E-state index in [4.69, 9.17) is 15.6 Å². The molecule has 1 saturated heterocycles. The van der Waals surface area contributed by atoms with Gasteiger partial charge in [0.15, 0.2) is 0 Å². The van der Waals surface area contributed by atoms with E-state index in [0.29, 0.717) is 24.7 Å². The molecule has 3 N–H and O–H groups in total. The van der Waals surface area contributed by atoms with Crippen molar-refractivity contribution in [3.8, 4) is 0 Å². The molecule has 2 aliphatic rings. The Kier molecular flexibility index (Phi) is 5.89. The molecule has 2 fully saturated rings. The van der Waals surface area contributed by atoms with Crippen LogP contribution in [0.25, 0.3) is 0 Å². The highest BCUT2D eigenvalue weighted by molar-refractivity contribution is 4.82. The molecule has 2 unspecified atom stereocenters. The normalized spacial score (nSPS) is 31.7. The third-order valence-electron chi connectivity index (χ3n) is 4.44. The molecule has 1 heterocycles. The van der Waals surface area contributed by atoms with Gasteiger partial charge in [0.05, 0.1) is 19.3 Å². The van der Waals surface area contributed by atoms with Gasteiger partial charge >= 0.3 is 0 Å². The van der Waals surface area contributed by atoms with Crippen LogP contribution in [0.15, 0.2) is 0 Å². The number of nitrogens with two attached hydrogens (primary N) is 1. The Morgan fingerprint density at radius 2 is 1.83 bits per heavy atom. The van der Waals surface area contributed by atoms with Crippen molar-refractivity contribution in [1.29, 1.82) is 0 Å². The van der Waals surface area contributed by atoms with Gasteiger partial charge in [-0.2, -0.15) is 0 Å². The molecule has 18 heavy (non-hydrogen) atoms. The number of nitrogens with zero attached hydrogens (tertiary/aromatic N) is 1. The van der Waals surface area contributed by atoms with Crippen molar-refractivity contribution in [2.75, 3.05) is 32.8 Å². The minimum Gasteiger partial charge on any atom is -0.394 e. The summed E-state index contributed by atoms with van der Waals surface area (Å²) in [5, 5.41) is 8.75. The smallest absolute Gasteiger partial charge is 0.0701 e. The Labute approximate surface area is 110 Å². The van der Waals surface area contributed by atoms with Crippen molar-refractivity contribution < 1.29 is 9.84 Å². The van der Waals surface area contributed by atoms with Crippen molar-refractivity contribution >= 4 is 0 Å². The molecule has 0 aromatic carbocycles. The van der Waals surface area contributed by atoms with Gasteiger partial charge in [-0.15, -0.1) is 0 Å². The number of rotatable bonds is 5. The Balaban J connectivity index is 1.66. The van der Waals surface area contributed by atoms with Gasteiger partial charge in [-0.3, -0.25) is 0 Å².